The zero-order valence-corrected chi connectivity index (χ0v) is 20.5. The van der Waals surface area contributed by atoms with Crippen molar-refractivity contribution in [3.05, 3.63) is 64.5 Å². The van der Waals surface area contributed by atoms with E-state index in [1.807, 2.05) is 36.4 Å². The van der Waals surface area contributed by atoms with Gasteiger partial charge in [0.05, 0.1) is 26.5 Å². The molecule has 8 heteroatoms. The van der Waals surface area contributed by atoms with Gasteiger partial charge in [-0.2, -0.15) is 0 Å². The average molecular weight is 538 g/mol. The van der Waals surface area contributed by atoms with Crippen LogP contribution in [-0.2, 0) is 13.0 Å². The van der Waals surface area contributed by atoms with E-state index in [0.717, 1.165) is 52.3 Å². The summed E-state index contributed by atoms with van der Waals surface area (Å²) in [6.45, 7) is 1.38. The third-order valence-corrected chi connectivity index (χ3v) is 5.25. The van der Waals surface area contributed by atoms with Crippen LogP contribution in [-0.4, -0.2) is 38.8 Å². The molecule has 0 fully saturated rings. The Morgan fingerprint density at radius 3 is 2.50 bits per heavy atom. The van der Waals surface area contributed by atoms with E-state index in [1.165, 1.54) is 0 Å². The maximum atomic E-state index is 5.36. The van der Waals surface area contributed by atoms with Crippen molar-refractivity contribution < 1.29 is 9.47 Å². The number of nitrogens with one attached hydrogen (secondary N) is 2. The van der Waals surface area contributed by atoms with Gasteiger partial charge in [0.15, 0.2) is 17.5 Å². The van der Waals surface area contributed by atoms with Crippen molar-refractivity contribution >= 4 is 41.3 Å². The SMILES string of the molecule is CN=C(NCCc1ccc(OC)c(OC)c1)NCc1nc(-c2ccccc2)cs1.I. The predicted molar refractivity (Wildman–Crippen MR) is 134 cm³/mol. The summed E-state index contributed by atoms with van der Waals surface area (Å²) in [5, 5.41) is 9.76. The molecule has 0 amide bonds. The van der Waals surface area contributed by atoms with Crippen LogP contribution < -0.4 is 20.1 Å². The van der Waals surface area contributed by atoms with Crippen molar-refractivity contribution in [3.8, 4) is 22.8 Å². The van der Waals surface area contributed by atoms with E-state index >= 15 is 0 Å². The van der Waals surface area contributed by atoms with Gasteiger partial charge in [0.25, 0.3) is 0 Å². The van der Waals surface area contributed by atoms with Crippen LogP contribution in [0.3, 0.4) is 0 Å². The van der Waals surface area contributed by atoms with E-state index in [1.54, 1.807) is 32.6 Å². The topological polar surface area (TPSA) is 67.8 Å². The zero-order chi connectivity index (χ0) is 20.5. The number of nitrogens with zero attached hydrogens (tertiary/aromatic N) is 2. The summed E-state index contributed by atoms with van der Waals surface area (Å²) in [5.41, 5.74) is 3.30. The van der Waals surface area contributed by atoms with Crippen molar-refractivity contribution in [2.75, 3.05) is 27.8 Å². The Morgan fingerprint density at radius 1 is 1.03 bits per heavy atom. The molecule has 0 atom stereocenters. The van der Waals surface area contributed by atoms with Gasteiger partial charge in [-0.1, -0.05) is 36.4 Å². The quantitative estimate of drug-likeness (QED) is 0.254. The molecule has 2 aromatic carbocycles. The number of methoxy groups -OCH3 is 2. The number of hydrogen-bond acceptors (Lipinski definition) is 5. The molecule has 30 heavy (non-hydrogen) atoms. The van der Waals surface area contributed by atoms with Crippen LogP contribution in [0.5, 0.6) is 11.5 Å². The lowest BCUT2D eigenvalue weighted by Gasteiger charge is -2.12. The number of benzene rings is 2. The first kappa shape index (κ1) is 23.9. The number of rotatable bonds is 8. The second-order valence-corrected chi connectivity index (χ2v) is 7.23. The average Bonchev–Trinajstić information content (AvgIpc) is 3.25. The van der Waals surface area contributed by atoms with Gasteiger partial charge >= 0.3 is 0 Å². The van der Waals surface area contributed by atoms with Gasteiger partial charge in [-0.05, 0) is 24.1 Å². The highest BCUT2D eigenvalue weighted by Gasteiger charge is 2.07. The van der Waals surface area contributed by atoms with Crippen molar-refractivity contribution in [2.24, 2.45) is 4.99 Å². The minimum Gasteiger partial charge on any atom is -0.493 e. The lowest BCUT2D eigenvalue weighted by atomic mass is 10.1. The fourth-order valence-corrected chi connectivity index (χ4v) is 3.62. The number of hydrogen-bond donors (Lipinski definition) is 2. The Hall–Kier alpha value is -2.33. The number of guanidine groups is 1. The highest BCUT2D eigenvalue weighted by Crippen LogP contribution is 2.27. The van der Waals surface area contributed by atoms with Crippen LogP contribution in [0.4, 0.5) is 0 Å². The largest absolute Gasteiger partial charge is 0.493 e. The molecule has 0 aliphatic carbocycles. The third-order valence-electron chi connectivity index (χ3n) is 4.41. The minimum atomic E-state index is 0. The van der Waals surface area contributed by atoms with Gasteiger partial charge in [-0.3, -0.25) is 4.99 Å². The summed E-state index contributed by atoms with van der Waals surface area (Å²) in [6.07, 6.45) is 0.844. The summed E-state index contributed by atoms with van der Waals surface area (Å²) in [7, 11) is 5.05. The Kier molecular flexibility index (Phi) is 9.88. The molecule has 0 radical (unpaired) electrons. The van der Waals surface area contributed by atoms with E-state index in [-0.39, 0.29) is 24.0 Å². The molecule has 0 saturated heterocycles. The summed E-state index contributed by atoms with van der Waals surface area (Å²) >= 11 is 1.64. The molecule has 0 aliphatic rings. The highest BCUT2D eigenvalue weighted by atomic mass is 127. The standard InChI is InChI=1S/C22H26N4O2S.HI/c1-23-22(24-12-11-16-9-10-19(27-2)20(13-16)28-3)25-14-21-26-18(15-29-21)17-7-5-4-6-8-17;/h4-10,13,15H,11-12,14H2,1-3H3,(H2,23,24,25);1H. The van der Waals surface area contributed by atoms with Gasteiger partial charge in [-0.15, -0.1) is 35.3 Å². The highest BCUT2D eigenvalue weighted by molar-refractivity contribution is 14.0. The fourth-order valence-electron chi connectivity index (χ4n) is 2.87. The number of halogens is 1. The number of aromatic nitrogens is 1. The number of aliphatic imine (C=N–C) groups is 1. The molecule has 0 spiro atoms. The maximum Gasteiger partial charge on any atom is 0.191 e. The lowest BCUT2D eigenvalue weighted by molar-refractivity contribution is 0.354. The van der Waals surface area contributed by atoms with Crippen LogP contribution >= 0.6 is 35.3 Å². The molecule has 0 aliphatic heterocycles. The van der Waals surface area contributed by atoms with Crippen molar-refractivity contribution in [2.45, 2.75) is 13.0 Å². The van der Waals surface area contributed by atoms with E-state index in [4.69, 9.17) is 14.5 Å². The Bertz CT molecular complexity index is 947. The summed E-state index contributed by atoms with van der Waals surface area (Å²) in [5.74, 6) is 2.23. The van der Waals surface area contributed by atoms with Gasteiger partial charge in [0.2, 0.25) is 0 Å². The Labute approximate surface area is 198 Å². The first-order valence-corrected chi connectivity index (χ1v) is 10.3. The molecule has 3 aromatic rings. The maximum absolute atomic E-state index is 5.36. The molecular weight excluding hydrogens is 511 g/mol. The van der Waals surface area contributed by atoms with E-state index in [0.29, 0.717) is 6.54 Å². The van der Waals surface area contributed by atoms with Gasteiger partial charge in [-0.25, -0.2) is 4.98 Å². The van der Waals surface area contributed by atoms with Crippen LogP contribution in [0.25, 0.3) is 11.3 Å². The molecule has 6 nitrogen and oxygen atoms in total. The van der Waals surface area contributed by atoms with E-state index < -0.39 is 0 Å². The minimum absolute atomic E-state index is 0. The zero-order valence-electron chi connectivity index (χ0n) is 17.3. The van der Waals surface area contributed by atoms with Gasteiger partial charge in [0.1, 0.15) is 5.01 Å². The molecular formula is C22H27IN4O2S. The van der Waals surface area contributed by atoms with E-state index in [9.17, 15) is 0 Å². The summed E-state index contributed by atoms with van der Waals surface area (Å²) in [4.78, 5) is 8.98. The van der Waals surface area contributed by atoms with Gasteiger partial charge in [0, 0.05) is 24.5 Å². The first-order valence-electron chi connectivity index (χ1n) is 9.38. The predicted octanol–water partition coefficient (Wildman–Crippen LogP) is 4.35. The van der Waals surface area contributed by atoms with E-state index in [2.05, 4.69) is 33.1 Å². The molecule has 0 saturated carbocycles. The van der Waals surface area contributed by atoms with Crippen molar-refractivity contribution in [1.82, 2.24) is 15.6 Å². The monoisotopic (exact) mass is 538 g/mol. The fraction of sp³-hybridized carbons (Fsp3) is 0.273. The first-order chi connectivity index (χ1) is 14.2. The molecule has 160 valence electrons. The number of ether oxygens (including phenoxy) is 2. The number of thiazole rings is 1. The molecule has 1 heterocycles. The van der Waals surface area contributed by atoms with Crippen molar-refractivity contribution in [3.63, 3.8) is 0 Å². The second-order valence-electron chi connectivity index (χ2n) is 6.28. The Balaban J connectivity index is 0.00000320. The summed E-state index contributed by atoms with van der Waals surface area (Å²) < 4.78 is 10.6. The Morgan fingerprint density at radius 2 is 1.80 bits per heavy atom. The second kappa shape index (κ2) is 12.4. The third kappa shape index (κ3) is 6.60. The molecule has 0 bridgehead atoms. The smallest absolute Gasteiger partial charge is 0.191 e. The van der Waals surface area contributed by atoms with Crippen LogP contribution in [0.1, 0.15) is 10.6 Å². The van der Waals surface area contributed by atoms with Crippen LogP contribution in [0.2, 0.25) is 0 Å². The lowest BCUT2D eigenvalue weighted by Crippen LogP contribution is -2.37. The normalized spacial score (nSPS) is 10.8. The molecule has 0 unspecified atom stereocenters. The van der Waals surface area contributed by atoms with Crippen molar-refractivity contribution in [1.29, 1.82) is 0 Å². The van der Waals surface area contributed by atoms with Gasteiger partial charge < -0.3 is 20.1 Å². The summed E-state index contributed by atoms with van der Waals surface area (Å²) in [6, 6.07) is 16.2. The molecule has 2 N–H and O–H groups in total. The molecule has 3 rings (SSSR count). The van der Waals surface area contributed by atoms with Crippen LogP contribution in [0.15, 0.2) is 58.9 Å². The molecule has 1 aromatic heterocycles. The van der Waals surface area contributed by atoms with Crippen LogP contribution in [0, 0.1) is 0 Å².